The summed E-state index contributed by atoms with van der Waals surface area (Å²) >= 11 is 0. The number of anilines is 2. The normalized spacial score (nSPS) is 11.6. The Hall–Kier alpha value is -1.36. The highest BCUT2D eigenvalue weighted by molar-refractivity contribution is 5.54. The molecule has 5 heteroatoms. The lowest BCUT2D eigenvalue weighted by Gasteiger charge is -2.25. The molecule has 0 aliphatic heterocycles. The second-order valence-electron chi connectivity index (χ2n) is 5.61. The summed E-state index contributed by atoms with van der Waals surface area (Å²) in [6, 6.07) is 0. The van der Waals surface area contributed by atoms with Crippen LogP contribution < -0.4 is 11.1 Å². The first-order chi connectivity index (χ1) is 8.89. The summed E-state index contributed by atoms with van der Waals surface area (Å²) in [4.78, 5) is 8.75. The number of methoxy groups -OCH3 is 1. The van der Waals surface area contributed by atoms with Gasteiger partial charge in [-0.1, -0.05) is 20.8 Å². The monoisotopic (exact) mass is 266 g/mol. The molecule has 0 aliphatic carbocycles. The van der Waals surface area contributed by atoms with Gasteiger partial charge >= 0.3 is 0 Å². The molecule has 0 fully saturated rings. The Balaban J connectivity index is 2.74. The summed E-state index contributed by atoms with van der Waals surface area (Å²) in [5.74, 6) is 2.18. The number of hydrogen-bond acceptors (Lipinski definition) is 5. The third kappa shape index (κ3) is 4.67. The first-order valence-electron chi connectivity index (χ1n) is 6.75. The molecule has 0 radical (unpaired) electrons. The summed E-state index contributed by atoms with van der Waals surface area (Å²) in [5.41, 5.74) is 6.97. The Morgan fingerprint density at radius 1 is 1.32 bits per heavy atom. The van der Waals surface area contributed by atoms with Gasteiger partial charge in [0.25, 0.3) is 0 Å². The first-order valence-corrected chi connectivity index (χ1v) is 6.75. The molecule has 0 spiro atoms. The van der Waals surface area contributed by atoms with Crippen LogP contribution in [0.4, 0.5) is 11.6 Å². The van der Waals surface area contributed by atoms with E-state index < -0.39 is 0 Å². The van der Waals surface area contributed by atoms with E-state index >= 15 is 0 Å². The van der Waals surface area contributed by atoms with Crippen molar-refractivity contribution < 1.29 is 4.74 Å². The number of rotatable bonds is 7. The van der Waals surface area contributed by atoms with Crippen molar-refractivity contribution >= 4 is 11.6 Å². The highest BCUT2D eigenvalue weighted by Gasteiger charge is 2.18. The molecular weight excluding hydrogens is 240 g/mol. The zero-order valence-corrected chi connectivity index (χ0v) is 12.7. The lowest BCUT2D eigenvalue weighted by atomic mass is 9.89. The third-order valence-corrected chi connectivity index (χ3v) is 3.26. The van der Waals surface area contributed by atoms with Gasteiger partial charge < -0.3 is 15.8 Å². The van der Waals surface area contributed by atoms with Gasteiger partial charge in [-0.2, -0.15) is 0 Å². The quantitative estimate of drug-likeness (QED) is 0.793. The molecule has 1 aromatic heterocycles. The molecular formula is C14H26N4O. The molecule has 0 aliphatic rings. The van der Waals surface area contributed by atoms with Crippen LogP contribution in [0.25, 0.3) is 0 Å². The van der Waals surface area contributed by atoms with Crippen molar-refractivity contribution in [3.05, 3.63) is 11.4 Å². The third-order valence-electron chi connectivity index (χ3n) is 3.26. The van der Waals surface area contributed by atoms with Gasteiger partial charge in [-0.05, 0) is 18.8 Å². The second-order valence-corrected chi connectivity index (χ2v) is 5.61. The predicted octanol–water partition coefficient (Wildman–Crippen LogP) is 2.40. The molecule has 19 heavy (non-hydrogen) atoms. The van der Waals surface area contributed by atoms with E-state index in [1.807, 2.05) is 13.8 Å². The van der Waals surface area contributed by atoms with Crippen molar-refractivity contribution in [1.29, 1.82) is 0 Å². The molecule has 108 valence electrons. The molecule has 0 unspecified atom stereocenters. The first kappa shape index (κ1) is 15.7. The van der Waals surface area contributed by atoms with Crippen LogP contribution in [0.15, 0.2) is 0 Å². The fraction of sp³-hybridized carbons (Fsp3) is 0.714. The molecule has 0 amide bonds. The van der Waals surface area contributed by atoms with Crippen molar-refractivity contribution in [2.75, 3.05) is 31.3 Å². The SMILES string of the molecule is CCc1nc(N)c(C)c(NCC(C)(C)CCOC)n1. The highest BCUT2D eigenvalue weighted by atomic mass is 16.5. The minimum absolute atomic E-state index is 0.147. The van der Waals surface area contributed by atoms with Gasteiger partial charge in [-0.15, -0.1) is 0 Å². The molecule has 0 atom stereocenters. The molecule has 0 bridgehead atoms. The van der Waals surface area contributed by atoms with Gasteiger partial charge in [0.15, 0.2) is 0 Å². The summed E-state index contributed by atoms with van der Waals surface area (Å²) in [6.45, 7) is 9.98. The van der Waals surface area contributed by atoms with Gasteiger partial charge in [-0.3, -0.25) is 0 Å². The average Bonchev–Trinajstić information content (AvgIpc) is 2.38. The van der Waals surface area contributed by atoms with E-state index in [9.17, 15) is 0 Å². The number of aromatic nitrogens is 2. The summed E-state index contributed by atoms with van der Waals surface area (Å²) in [7, 11) is 1.73. The number of nitrogens with one attached hydrogen (secondary N) is 1. The van der Waals surface area contributed by atoms with E-state index in [-0.39, 0.29) is 5.41 Å². The number of nitrogens with zero attached hydrogens (tertiary/aromatic N) is 2. The van der Waals surface area contributed by atoms with Crippen molar-refractivity contribution in [2.24, 2.45) is 5.41 Å². The summed E-state index contributed by atoms with van der Waals surface area (Å²) < 4.78 is 5.14. The number of nitrogen functional groups attached to an aromatic ring is 1. The maximum atomic E-state index is 5.91. The standard InChI is InChI=1S/C14H26N4O/c1-6-11-17-12(15)10(2)13(18-11)16-9-14(3,4)7-8-19-5/h6-9H2,1-5H3,(H3,15,16,17,18). The largest absolute Gasteiger partial charge is 0.385 e. The minimum Gasteiger partial charge on any atom is -0.385 e. The van der Waals surface area contributed by atoms with E-state index in [0.717, 1.165) is 43.2 Å². The summed E-state index contributed by atoms with van der Waals surface area (Å²) in [6.07, 6.45) is 1.78. The van der Waals surface area contributed by atoms with Gasteiger partial charge in [0, 0.05) is 32.2 Å². The van der Waals surface area contributed by atoms with Gasteiger partial charge in [0.1, 0.15) is 17.5 Å². The van der Waals surface area contributed by atoms with E-state index in [4.69, 9.17) is 10.5 Å². The van der Waals surface area contributed by atoms with Crippen molar-refractivity contribution in [3.8, 4) is 0 Å². The van der Waals surface area contributed by atoms with Gasteiger partial charge in [-0.25, -0.2) is 9.97 Å². The fourth-order valence-electron chi connectivity index (χ4n) is 1.70. The molecule has 1 rings (SSSR count). The van der Waals surface area contributed by atoms with Crippen LogP contribution >= 0.6 is 0 Å². The molecule has 0 saturated heterocycles. The summed E-state index contributed by atoms with van der Waals surface area (Å²) in [5, 5.41) is 3.39. The van der Waals surface area contributed by atoms with Crippen LogP contribution in [0.3, 0.4) is 0 Å². The molecule has 3 N–H and O–H groups in total. The van der Waals surface area contributed by atoms with Crippen molar-refractivity contribution in [2.45, 2.75) is 40.5 Å². The van der Waals surface area contributed by atoms with E-state index in [1.54, 1.807) is 7.11 Å². The topological polar surface area (TPSA) is 73.1 Å². The maximum absolute atomic E-state index is 5.91. The number of ether oxygens (including phenoxy) is 1. The van der Waals surface area contributed by atoms with Crippen LogP contribution in [0, 0.1) is 12.3 Å². The fourth-order valence-corrected chi connectivity index (χ4v) is 1.70. The smallest absolute Gasteiger partial charge is 0.134 e. The van der Waals surface area contributed by atoms with Crippen LogP contribution in [-0.4, -0.2) is 30.2 Å². The van der Waals surface area contributed by atoms with Crippen LogP contribution in [-0.2, 0) is 11.2 Å². The zero-order valence-electron chi connectivity index (χ0n) is 12.7. The maximum Gasteiger partial charge on any atom is 0.134 e. The molecule has 0 saturated carbocycles. The number of nitrogens with two attached hydrogens (primary N) is 1. The Bertz CT molecular complexity index is 418. The Morgan fingerprint density at radius 3 is 2.58 bits per heavy atom. The molecule has 5 nitrogen and oxygen atoms in total. The average molecular weight is 266 g/mol. The lowest BCUT2D eigenvalue weighted by molar-refractivity contribution is 0.157. The van der Waals surface area contributed by atoms with Gasteiger partial charge in [0.2, 0.25) is 0 Å². The van der Waals surface area contributed by atoms with Crippen molar-refractivity contribution in [3.63, 3.8) is 0 Å². The number of aryl methyl sites for hydroxylation is 1. The van der Waals surface area contributed by atoms with Crippen LogP contribution in [0.1, 0.15) is 38.6 Å². The van der Waals surface area contributed by atoms with Crippen LogP contribution in [0.2, 0.25) is 0 Å². The van der Waals surface area contributed by atoms with Crippen molar-refractivity contribution in [1.82, 2.24) is 9.97 Å². The zero-order chi connectivity index (χ0) is 14.5. The predicted molar refractivity (Wildman–Crippen MR) is 79.3 cm³/mol. The Labute approximate surface area is 116 Å². The Kier molecular flexibility index (Phi) is 5.54. The van der Waals surface area contributed by atoms with E-state index in [0.29, 0.717) is 5.82 Å². The molecule has 1 heterocycles. The molecule has 0 aromatic carbocycles. The second kappa shape index (κ2) is 6.70. The number of hydrogen-bond donors (Lipinski definition) is 2. The van der Waals surface area contributed by atoms with E-state index in [2.05, 4.69) is 29.1 Å². The Morgan fingerprint density at radius 2 is 2.00 bits per heavy atom. The highest BCUT2D eigenvalue weighted by Crippen LogP contribution is 2.23. The molecule has 1 aromatic rings. The van der Waals surface area contributed by atoms with Gasteiger partial charge in [0.05, 0.1) is 0 Å². The minimum atomic E-state index is 0.147. The van der Waals surface area contributed by atoms with Crippen LogP contribution in [0.5, 0.6) is 0 Å². The lowest BCUT2D eigenvalue weighted by Crippen LogP contribution is -2.25. The van der Waals surface area contributed by atoms with E-state index in [1.165, 1.54) is 0 Å².